The number of anilines is 1. The molecule has 0 fully saturated rings. The predicted octanol–water partition coefficient (Wildman–Crippen LogP) is 2.66. The molecule has 0 aliphatic carbocycles. The number of esters is 1. The summed E-state index contributed by atoms with van der Waals surface area (Å²) in [6.07, 6.45) is 0.0465. The molecule has 0 radical (unpaired) electrons. The Balaban J connectivity index is 2.55. The highest BCUT2D eigenvalue weighted by Crippen LogP contribution is 2.19. The Morgan fingerprint density at radius 2 is 2.16 bits per heavy atom. The molecule has 7 heteroatoms. The van der Waals surface area contributed by atoms with E-state index in [1.165, 1.54) is 25.3 Å². The Kier molecular flexibility index (Phi) is 5.75. The van der Waals surface area contributed by atoms with Crippen LogP contribution >= 0.6 is 15.9 Å². The summed E-state index contributed by atoms with van der Waals surface area (Å²) in [5, 5.41) is 4.87. The third kappa shape index (κ3) is 5.25. The van der Waals surface area contributed by atoms with Crippen molar-refractivity contribution in [1.29, 1.82) is 0 Å². The summed E-state index contributed by atoms with van der Waals surface area (Å²) in [5.41, 5.74) is 0.0529. The van der Waals surface area contributed by atoms with Gasteiger partial charge >= 0.3 is 12.0 Å². The van der Waals surface area contributed by atoms with Crippen LogP contribution in [0.25, 0.3) is 0 Å². The molecule has 1 aromatic carbocycles. The first-order valence-electron chi connectivity index (χ1n) is 5.51. The first-order chi connectivity index (χ1) is 8.92. The molecule has 0 spiro atoms. The van der Waals surface area contributed by atoms with Gasteiger partial charge in [-0.2, -0.15) is 0 Å². The summed E-state index contributed by atoms with van der Waals surface area (Å²) in [6.45, 7) is 1.65. The topological polar surface area (TPSA) is 67.4 Å². The third-order valence-corrected chi connectivity index (χ3v) is 2.75. The average Bonchev–Trinajstić information content (AvgIpc) is 2.33. The Hall–Kier alpha value is -1.63. The molecule has 0 aliphatic rings. The van der Waals surface area contributed by atoms with Gasteiger partial charge in [-0.15, -0.1) is 0 Å². The average molecular weight is 333 g/mol. The Bertz CT molecular complexity index is 482. The number of urea groups is 1. The molecule has 0 bridgehead atoms. The van der Waals surface area contributed by atoms with Crippen LogP contribution in [0.4, 0.5) is 14.9 Å². The second-order valence-corrected chi connectivity index (χ2v) is 4.82. The molecule has 104 valence electrons. The summed E-state index contributed by atoms with van der Waals surface area (Å²) < 4.78 is 18.5. The van der Waals surface area contributed by atoms with E-state index in [9.17, 15) is 14.0 Å². The zero-order chi connectivity index (χ0) is 14.4. The summed E-state index contributed by atoms with van der Waals surface area (Å²) in [5.74, 6) is -0.972. The lowest BCUT2D eigenvalue weighted by molar-refractivity contribution is -0.141. The van der Waals surface area contributed by atoms with Crippen LogP contribution in [0.5, 0.6) is 0 Å². The lowest BCUT2D eigenvalue weighted by atomic mass is 10.2. The number of carbonyl (C=O) groups is 2. The van der Waals surface area contributed by atoms with E-state index in [1.54, 1.807) is 6.92 Å². The molecule has 2 N–H and O–H groups in total. The summed E-state index contributed by atoms with van der Waals surface area (Å²) in [4.78, 5) is 22.6. The highest BCUT2D eigenvalue weighted by Gasteiger charge is 2.13. The molecule has 0 saturated carbocycles. The fraction of sp³-hybridized carbons (Fsp3) is 0.333. The van der Waals surface area contributed by atoms with Crippen LogP contribution < -0.4 is 10.6 Å². The van der Waals surface area contributed by atoms with Gasteiger partial charge in [0.15, 0.2) is 0 Å². The molecule has 2 amide bonds. The number of benzene rings is 1. The van der Waals surface area contributed by atoms with Crippen molar-refractivity contribution in [3.8, 4) is 0 Å². The van der Waals surface area contributed by atoms with Crippen LogP contribution in [0.2, 0.25) is 0 Å². The van der Waals surface area contributed by atoms with Crippen LogP contribution in [0.1, 0.15) is 13.3 Å². The molecule has 0 heterocycles. The van der Waals surface area contributed by atoms with Gasteiger partial charge in [-0.3, -0.25) is 4.79 Å². The molecule has 0 unspecified atom stereocenters. The van der Waals surface area contributed by atoms with Gasteiger partial charge < -0.3 is 15.4 Å². The van der Waals surface area contributed by atoms with Gasteiger partial charge in [-0.05, 0) is 25.1 Å². The maximum atomic E-state index is 13.4. The maximum absolute atomic E-state index is 13.4. The Morgan fingerprint density at radius 3 is 2.79 bits per heavy atom. The van der Waals surface area contributed by atoms with Crippen molar-refractivity contribution in [2.45, 2.75) is 19.4 Å². The van der Waals surface area contributed by atoms with Gasteiger partial charge in [-0.25, -0.2) is 9.18 Å². The van der Waals surface area contributed by atoms with Crippen LogP contribution in [0, 0.1) is 5.82 Å². The summed E-state index contributed by atoms with van der Waals surface area (Å²) in [6, 6.07) is 3.20. The Labute approximate surface area is 118 Å². The monoisotopic (exact) mass is 332 g/mol. The van der Waals surface area contributed by atoms with E-state index in [0.29, 0.717) is 4.47 Å². The smallest absolute Gasteiger partial charge is 0.319 e. The fourth-order valence-corrected chi connectivity index (χ4v) is 1.72. The molecular weight excluding hydrogens is 319 g/mol. The maximum Gasteiger partial charge on any atom is 0.319 e. The lowest BCUT2D eigenvalue weighted by Gasteiger charge is -2.14. The van der Waals surface area contributed by atoms with Crippen molar-refractivity contribution in [3.05, 3.63) is 28.5 Å². The SMILES string of the molecule is COC(=O)C[C@@H](C)NC(=O)Nc1cc(Br)ccc1F. The van der Waals surface area contributed by atoms with Crippen molar-refractivity contribution in [1.82, 2.24) is 5.32 Å². The minimum absolute atomic E-state index is 0.0465. The molecule has 1 aromatic rings. The molecule has 1 rings (SSSR count). The van der Waals surface area contributed by atoms with E-state index < -0.39 is 23.9 Å². The van der Waals surface area contributed by atoms with E-state index in [1.807, 2.05) is 0 Å². The number of rotatable bonds is 4. The number of methoxy groups -OCH3 is 1. The fourth-order valence-electron chi connectivity index (χ4n) is 1.36. The highest BCUT2D eigenvalue weighted by molar-refractivity contribution is 9.10. The molecule has 5 nitrogen and oxygen atoms in total. The van der Waals surface area contributed by atoms with Gasteiger partial charge in [0.1, 0.15) is 5.82 Å². The van der Waals surface area contributed by atoms with Crippen LogP contribution in [-0.4, -0.2) is 25.2 Å². The predicted molar refractivity (Wildman–Crippen MR) is 72.3 cm³/mol. The minimum atomic E-state index is -0.589. The normalized spacial score (nSPS) is 11.6. The molecule has 19 heavy (non-hydrogen) atoms. The first kappa shape index (κ1) is 15.4. The zero-order valence-electron chi connectivity index (χ0n) is 10.5. The quantitative estimate of drug-likeness (QED) is 0.833. The van der Waals surface area contributed by atoms with E-state index in [0.717, 1.165) is 0 Å². The van der Waals surface area contributed by atoms with Crippen LogP contribution in [0.3, 0.4) is 0 Å². The van der Waals surface area contributed by atoms with E-state index in [-0.39, 0.29) is 12.1 Å². The number of carbonyl (C=O) groups excluding carboxylic acids is 2. The third-order valence-electron chi connectivity index (χ3n) is 2.25. The molecule has 0 aromatic heterocycles. The number of hydrogen-bond acceptors (Lipinski definition) is 3. The van der Waals surface area contributed by atoms with Crippen molar-refractivity contribution in [2.75, 3.05) is 12.4 Å². The number of amides is 2. The number of halogens is 2. The second kappa shape index (κ2) is 7.08. The van der Waals surface area contributed by atoms with Crippen molar-refractivity contribution < 1.29 is 18.7 Å². The minimum Gasteiger partial charge on any atom is -0.469 e. The van der Waals surface area contributed by atoms with Gasteiger partial charge in [0.2, 0.25) is 0 Å². The zero-order valence-corrected chi connectivity index (χ0v) is 12.1. The van der Waals surface area contributed by atoms with Crippen molar-refractivity contribution in [3.63, 3.8) is 0 Å². The number of ether oxygens (including phenoxy) is 1. The lowest BCUT2D eigenvalue weighted by Crippen LogP contribution is -2.37. The first-order valence-corrected chi connectivity index (χ1v) is 6.31. The van der Waals surface area contributed by atoms with Crippen molar-refractivity contribution in [2.24, 2.45) is 0 Å². The van der Waals surface area contributed by atoms with Crippen molar-refractivity contribution >= 4 is 33.6 Å². The molecule has 0 saturated heterocycles. The highest BCUT2D eigenvalue weighted by atomic mass is 79.9. The standard InChI is InChI=1S/C12H14BrFN2O3/c1-7(5-11(17)19-2)15-12(18)16-10-6-8(13)3-4-9(10)14/h3-4,6-7H,5H2,1-2H3,(H2,15,16,18)/t7-/m1/s1. The van der Waals surface area contributed by atoms with Gasteiger partial charge in [0.25, 0.3) is 0 Å². The van der Waals surface area contributed by atoms with Crippen LogP contribution in [0.15, 0.2) is 22.7 Å². The molecule has 1 atom stereocenters. The number of nitrogens with one attached hydrogen (secondary N) is 2. The number of hydrogen-bond donors (Lipinski definition) is 2. The largest absolute Gasteiger partial charge is 0.469 e. The van der Waals surface area contributed by atoms with Gasteiger partial charge in [0.05, 0.1) is 19.2 Å². The summed E-state index contributed by atoms with van der Waals surface area (Å²) >= 11 is 3.18. The van der Waals surface area contributed by atoms with Gasteiger partial charge in [-0.1, -0.05) is 15.9 Å². The second-order valence-electron chi connectivity index (χ2n) is 3.90. The Morgan fingerprint density at radius 1 is 1.47 bits per heavy atom. The molecule has 0 aliphatic heterocycles. The molecular formula is C12H14BrFN2O3. The van der Waals surface area contributed by atoms with E-state index >= 15 is 0 Å². The van der Waals surface area contributed by atoms with Gasteiger partial charge in [0, 0.05) is 10.5 Å². The van der Waals surface area contributed by atoms with E-state index in [4.69, 9.17) is 0 Å². The summed E-state index contributed by atoms with van der Waals surface area (Å²) in [7, 11) is 1.27. The van der Waals surface area contributed by atoms with Crippen LogP contribution in [-0.2, 0) is 9.53 Å². The van der Waals surface area contributed by atoms with E-state index in [2.05, 4.69) is 31.3 Å².